The average Bonchev–Trinajstić information content (AvgIpc) is 2.91. The third kappa shape index (κ3) is 12.8. The molecule has 8 bridgehead atoms. The molecule has 0 saturated heterocycles. The van der Waals surface area contributed by atoms with Crippen LogP contribution in [0.2, 0.25) is 0 Å². The van der Waals surface area contributed by atoms with Crippen molar-refractivity contribution in [2.75, 3.05) is 78.7 Å². The highest BCUT2D eigenvalue weighted by Crippen LogP contribution is 2.34. The van der Waals surface area contributed by atoms with Crippen LogP contribution in [0.5, 0.6) is 17.2 Å². The van der Waals surface area contributed by atoms with E-state index in [2.05, 4.69) is 261 Å². The molecular weight excluding hydrogens is 1050 g/mol. The van der Waals surface area contributed by atoms with Crippen molar-refractivity contribution in [3.05, 3.63) is 270 Å². The normalized spacial score (nSPS) is 17.6. The van der Waals surface area contributed by atoms with Crippen LogP contribution in [0.25, 0.3) is 64.6 Å². The average molecular weight is 1130 g/mol. The zero-order valence-corrected chi connectivity index (χ0v) is 49.2. The Hall–Kier alpha value is -8.60. The highest BCUT2D eigenvalue weighted by Gasteiger charge is 2.22. The van der Waals surface area contributed by atoms with Crippen LogP contribution in [-0.2, 0) is 39.3 Å². The van der Waals surface area contributed by atoms with Crippen molar-refractivity contribution >= 4 is 64.6 Å². The molecule has 0 fully saturated rings. The molecule has 0 N–H and O–H groups in total. The Bertz CT molecular complexity index is 3730. The van der Waals surface area contributed by atoms with Gasteiger partial charge in [0.1, 0.15) is 37.1 Å². The van der Waals surface area contributed by atoms with Gasteiger partial charge in [0.15, 0.2) is 0 Å². The standard InChI is InChI=1S/C78H75N5O3/c1-7-28-70-61(19-1)49-62-20-2-8-29-71(62)76(70)55-81-37-34-79-35-38-82(56-77-72-30-9-3-21-63(72)50-64-22-4-10-31-73(64)77)53-59-17-14-26-68(47-59)85-44-41-80(40-43-84-67-25-13-16-58(46-67)52-81)42-45-86-69-27-15-18-60(48-69)54-83(39-36-79)57-78-74-32-11-5-23-65(74)51-66-24-6-12-33-75(66)78/h1-33,46-51H,34-45,52-57H2. The molecule has 12 aromatic rings. The van der Waals surface area contributed by atoms with Gasteiger partial charge < -0.3 is 14.2 Å². The van der Waals surface area contributed by atoms with E-state index < -0.39 is 0 Å². The van der Waals surface area contributed by atoms with Crippen molar-refractivity contribution in [1.29, 1.82) is 0 Å². The lowest BCUT2D eigenvalue weighted by Crippen LogP contribution is -2.42. The van der Waals surface area contributed by atoms with Crippen LogP contribution in [0, 0.1) is 0 Å². The van der Waals surface area contributed by atoms with Crippen molar-refractivity contribution in [3.8, 4) is 17.2 Å². The second-order valence-electron chi connectivity index (χ2n) is 23.7. The minimum atomic E-state index is 0.540. The molecule has 0 spiro atoms. The largest absolute Gasteiger partial charge is 0.492 e. The van der Waals surface area contributed by atoms with Crippen LogP contribution in [0.15, 0.2) is 237 Å². The molecular formula is C78H75N5O3. The highest BCUT2D eigenvalue weighted by atomic mass is 16.5. The summed E-state index contributed by atoms with van der Waals surface area (Å²) in [6.45, 7) is 13.7. The van der Waals surface area contributed by atoms with Gasteiger partial charge in [0.2, 0.25) is 0 Å². The second kappa shape index (κ2) is 25.9. The van der Waals surface area contributed by atoms with Crippen molar-refractivity contribution < 1.29 is 14.2 Å². The van der Waals surface area contributed by atoms with E-state index in [0.717, 1.165) is 115 Å². The van der Waals surface area contributed by atoms with Crippen LogP contribution >= 0.6 is 0 Å². The number of rotatable bonds is 6. The first-order chi connectivity index (χ1) is 42.5. The van der Waals surface area contributed by atoms with Gasteiger partial charge in [-0.3, -0.25) is 24.5 Å². The number of hydrogen-bond acceptors (Lipinski definition) is 8. The number of benzene rings is 12. The monoisotopic (exact) mass is 1130 g/mol. The molecule has 3 aliphatic heterocycles. The van der Waals surface area contributed by atoms with Gasteiger partial charge in [0, 0.05) is 98.2 Å². The van der Waals surface area contributed by atoms with Crippen molar-refractivity contribution in [2.24, 2.45) is 0 Å². The third-order valence-corrected chi connectivity index (χ3v) is 17.9. The molecule has 12 aromatic carbocycles. The second-order valence-corrected chi connectivity index (χ2v) is 23.7. The molecule has 0 saturated carbocycles. The van der Waals surface area contributed by atoms with Gasteiger partial charge in [-0.1, -0.05) is 182 Å². The summed E-state index contributed by atoms with van der Waals surface area (Å²) in [5, 5.41) is 15.5. The van der Waals surface area contributed by atoms with E-state index in [4.69, 9.17) is 14.2 Å². The Labute approximate surface area is 506 Å². The van der Waals surface area contributed by atoms with Crippen LogP contribution < -0.4 is 14.2 Å². The van der Waals surface area contributed by atoms with E-state index in [1.165, 1.54) is 98.0 Å². The van der Waals surface area contributed by atoms with Crippen molar-refractivity contribution in [2.45, 2.75) is 39.3 Å². The molecule has 0 radical (unpaired) electrons. The van der Waals surface area contributed by atoms with Crippen LogP contribution in [-0.4, -0.2) is 103 Å². The summed E-state index contributed by atoms with van der Waals surface area (Å²) < 4.78 is 20.0. The highest BCUT2D eigenvalue weighted by molar-refractivity contribution is 6.04. The maximum Gasteiger partial charge on any atom is 0.119 e. The van der Waals surface area contributed by atoms with Crippen LogP contribution in [0.4, 0.5) is 0 Å². The summed E-state index contributed by atoms with van der Waals surface area (Å²) in [5.41, 5.74) is 7.85. The quantitative estimate of drug-likeness (QED) is 0.153. The number of fused-ring (bicyclic) bond motifs is 21. The van der Waals surface area contributed by atoms with E-state index in [1.54, 1.807) is 0 Å². The molecule has 8 heteroatoms. The Morgan fingerprint density at radius 3 is 0.779 bits per heavy atom. The number of nitrogens with zero attached hydrogens (tertiary/aromatic N) is 5. The van der Waals surface area contributed by atoms with Gasteiger partial charge in [-0.25, -0.2) is 0 Å². The van der Waals surface area contributed by atoms with Gasteiger partial charge in [-0.2, -0.15) is 0 Å². The van der Waals surface area contributed by atoms with E-state index in [-0.39, 0.29) is 0 Å². The minimum absolute atomic E-state index is 0.540. The van der Waals surface area contributed by atoms with E-state index in [0.29, 0.717) is 19.8 Å². The first-order valence-corrected chi connectivity index (χ1v) is 31.0. The summed E-state index contributed by atoms with van der Waals surface area (Å²) in [4.78, 5) is 13.3. The van der Waals surface area contributed by atoms with E-state index in [9.17, 15) is 0 Å². The lowest BCUT2D eigenvalue weighted by atomic mass is 9.96. The lowest BCUT2D eigenvalue weighted by Gasteiger charge is -2.33. The van der Waals surface area contributed by atoms with Gasteiger partial charge in [0.05, 0.1) is 0 Å². The molecule has 3 aliphatic rings. The molecule has 8 nitrogen and oxygen atoms in total. The van der Waals surface area contributed by atoms with Gasteiger partial charge in [-0.05, 0) is 153 Å². The smallest absolute Gasteiger partial charge is 0.119 e. The predicted molar refractivity (Wildman–Crippen MR) is 355 cm³/mol. The minimum Gasteiger partial charge on any atom is -0.492 e. The SMILES string of the molecule is c1cc2cc(c1)OCCN1CCOc3cccc(c3)CN(Cc3c4ccccc4cc4ccccc34)CCN(CCN(Cc3c4ccccc4cc4ccccc34)C2)CCN(Cc2c3ccccc3cc3ccccc23)Cc2cccc(c2)OCC1. The fraction of sp³-hybridized carbons (Fsp3) is 0.231. The maximum absolute atomic E-state index is 6.67. The summed E-state index contributed by atoms with van der Waals surface area (Å²) in [7, 11) is 0. The van der Waals surface area contributed by atoms with Gasteiger partial charge in [0.25, 0.3) is 0 Å². The predicted octanol–water partition coefficient (Wildman–Crippen LogP) is 15.8. The lowest BCUT2D eigenvalue weighted by molar-refractivity contribution is 0.142. The van der Waals surface area contributed by atoms with Crippen molar-refractivity contribution in [3.63, 3.8) is 0 Å². The Balaban J connectivity index is 0.890. The van der Waals surface area contributed by atoms with Gasteiger partial charge >= 0.3 is 0 Å². The summed E-state index contributed by atoms with van der Waals surface area (Å²) >= 11 is 0. The Morgan fingerprint density at radius 2 is 0.500 bits per heavy atom. The first-order valence-electron chi connectivity index (χ1n) is 31.0. The van der Waals surface area contributed by atoms with Crippen LogP contribution in [0.1, 0.15) is 33.4 Å². The Morgan fingerprint density at radius 1 is 0.244 bits per heavy atom. The first kappa shape index (κ1) is 55.3. The van der Waals surface area contributed by atoms with Crippen molar-refractivity contribution in [1.82, 2.24) is 24.5 Å². The maximum atomic E-state index is 6.67. The molecule has 0 amide bonds. The van der Waals surface area contributed by atoms with E-state index in [1.807, 2.05) is 0 Å². The topological polar surface area (TPSA) is 43.9 Å². The summed E-state index contributed by atoms with van der Waals surface area (Å²) in [6.07, 6.45) is 0. The molecule has 0 aromatic heterocycles. The van der Waals surface area contributed by atoms with E-state index >= 15 is 0 Å². The number of hydrogen-bond donors (Lipinski definition) is 0. The van der Waals surface area contributed by atoms with Gasteiger partial charge in [-0.15, -0.1) is 0 Å². The molecule has 86 heavy (non-hydrogen) atoms. The zero-order chi connectivity index (χ0) is 57.4. The molecule has 0 atom stereocenters. The molecule has 15 rings (SSSR count). The molecule has 430 valence electrons. The zero-order valence-electron chi connectivity index (χ0n) is 49.2. The fourth-order valence-corrected chi connectivity index (χ4v) is 13.5. The summed E-state index contributed by atoms with van der Waals surface area (Å²) in [5.74, 6) is 2.68. The summed E-state index contributed by atoms with van der Waals surface area (Å²) in [6, 6.07) is 87.4. The molecule has 0 unspecified atom stereocenters. The Kier molecular flexibility index (Phi) is 16.7. The van der Waals surface area contributed by atoms with Crippen LogP contribution in [0.3, 0.4) is 0 Å². The number of ether oxygens (including phenoxy) is 3. The third-order valence-electron chi connectivity index (χ3n) is 17.9. The fourth-order valence-electron chi connectivity index (χ4n) is 13.5. The molecule has 3 heterocycles. The molecule has 0 aliphatic carbocycles.